The maximum Gasteiger partial charge on any atom is 0.229 e. The lowest BCUT2D eigenvalue weighted by Gasteiger charge is -2.26. The minimum absolute atomic E-state index is 0.0711. The van der Waals surface area contributed by atoms with Gasteiger partial charge in [-0.1, -0.05) is 39.3 Å². The Bertz CT molecular complexity index is 564. The zero-order valence-electron chi connectivity index (χ0n) is 14.8. The van der Waals surface area contributed by atoms with Gasteiger partial charge in [-0.2, -0.15) is 4.98 Å². The van der Waals surface area contributed by atoms with Gasteiger partial charge in [0.25, 0.3) is 0 Å². The minimum atomic E-state index is -0.0711. The second-order valence-corrected chi connectivity index (χ2v) is 7.59. The predicted octanol–water partition coefficient (Wildman–Crippen LogP) is 3.51. The third-order valence-corrected chi connectivity index (χ3v) is 5.90. The molecule has 0 aromatic carbocycles. The van der Waals surface area contributed by atoms with Crippen molar-refractivity contribution < 1.29 is 9.32 Å². The van der Waals surface area contributed by atoms with E-state index in [0.717, 1.165) is 44.6 Å². The number of aromatic nitrogens is 2. The summed E-state index contributed by atoms with van der Waals surface area (Å²) < 4.78 is 5.46. The van der Waals surface area contributed by atoms with Gasteiger partial charge < -0.3 is 9.42 Å². The van der Waals surface area contributed by atoms with Crippen LogP contribution >= 0.6 is 0 Å². The van der Waals surface area contributed by atoms with Crippen LogP contribution in [0.25, 0.3) is 0 Å². The van der Waals surface area contributed by atoms with Crippen LogP contribution in [0.2, 0.25) is 0 Å². The van der Waals surface area contributed by atoms with E-state index in [1.54, 1.807) is 0 Å². The van der Waals surface area contributed by atoms with Crippen LogP contribution < -0.4 is 0 Å². The summed E-state index contributed by atoms with van der Waals surface area (Å²) in [4.78, 5) is 19.6. The Kier molecular flexibility index (Phi) is 4.47. The topological polar surface area (TPSA) is 59.2 Å². The van der Waals surface area contributed by atoms with Gasteiger partial charge >= 0.3 is 0 Å². The van der Waals surface area contributed by atoms with E-state index < -0.39 is 0 Å². The van der Waals surface area contributed by atoms with Crippen molar-refractivity contribution in [1.29, 1.82) is 0 Å². The van der Waals surface area contributed by atoms with Gasteiger partial charge in [-0.15, -0.1) is 0 Å². The zero-order chi connectivity index (χ0) is 16.6. The molecule has 1 aliphatic carbocycles. The molecule has 2 fully saturated rings. The molecule has 0 bridgehead atoms. The Balaban J connectivity index is 1.84. The monoisotopic (exact) mass is 319 g/mol. The summed E-state index contributed by atoms with van der Waals surface area (Å²) in [7, 11) is 0. The first-order valence-electron chi connectivity index (χ1n) is 9.14. The number of hydrogen-bond donors (Lipinski definition) is 0. The number of likely N-dealkylation sites (tertiary alicyclic amines) is 1. The van der Waals surface area contributed by atoms with E-state index >= 15 is 0 Å². The highest BCUT2D eigenvalue weighted by atomic mass is 16.5. The Labute approximate surface area is 138 Å². The normalized spacial score (nSPS) is 27.2. The fourth-order valence-electron chi connectivity index (χ4n) is 4.39. The number of fused-ring (bicyclic) bond motifs is 1. The number of carbonyl (C=O) groups excluding carboxylic acids is 1. The molecule has 0 radical (unpaired) electrons. The van der Waals surface area contributed by atoms with E-state index in [1.807, 2.05) is 0 Å². The van der Waals surface area contributed by atoms with Gasteiger partial charge in [0, 0.05) is 24.9 Å². The average Bonchev–Trinajstić information content (AvgIpc) is 3.21. The summed E-state index contributed by atoms with van der Waals surface area (Å²) in [6.07, 6.45) is 5.27. The lowest BCUT2D eigenvalue weighted by atomic mass is 9.80. The van der Waals surface area contributed by atoms with Crippen LogP contribution in [0.15, 0.2) is 4.52 Å². The molecule has 0 spiro atoms. The molecule has 1 amide bonds. The Morgan fingerprint density at radius 3 is 2.74 bits per heavy atom. The molecule has 2 atom stereocenters. The van der Waals surface area contributed by atoms with E-state index in [2.05, 4.69) is 42.7 Å². The highest BCUT2D eigenvalue weighted by Crippen LogP contribution is 2.50. The van der Waals surface area contributed by atoms with Crippen molar-refractivity contribution in [3.8, 4) is 0 Å². The summed E-state index contributed by atoms with van der Waals surface area (Å²) in [5.74, 6) is 2.75. The highest BCUT2D eigenvalue weighted by Gasteiger charge is 2.54. The molecular formula is C18H29N3O2. The Hall–Kier alpha value is -1.39. The van der Waals surface area contributed by atoms with Crippen molar-refractivity contribution in [2.45, 2.75) is 71.1 Å². The molecular weight excluding hydrogens is 290 g/mol. The van der Waals surface area contributed by atoms with Gasteiger partial charge in [0.2, 0.25) is 11.8 Å². The number of rotatable bonds is 5. The van der Waals surface area contributed by atoms with E-state index in [1.165, 1.54) is 6.42 Å². The van der Waals surface area contributed by atoms with Gasteiger partial charge in [0.15, 0.2) is 5.82 Å². The van der Waals surface area contributed by atoms with Crippen LogP contribution in [-0.4, -0.2) is 34.0 Å². The largest absolute Gasteiger partial charge is 0.341 e. The van der Waals surface area contributed by atoms with Crippen LogP contribution in [0, 0.1) is 11.8 Å². The average molecular weight is 319 g/mol. The van der Waals surface area contributed by atoms with Crippen LogP contribution in [-0.2, 0) is 10.2 Å². The first-order valence-corrected chi connectivity index (χ1v) is 9.14. The molecule has 23 heavy (non-hydrogen) atoms. The van der Waals surface area contributed by atoms with E-state index in [9.17, 15) is 4.79 Å². The molecule has 0 unspecified atom stereocenters. The van der Waals surface area contributed by atoms with Crippen molar-refractivity contribution >= 4 is 5.91 Å². The molecule has 3 rings (SSSR count). The van der Waals surface area contributed by atoms with Crippen LogP contribution in [0.4, 0.5) is 0 Å². The Morgan fingerprint density at radius 2 is 2.13 bits per heavy atom. The molecule has 5 nitrogen and oxygen atoms in total. The van der Waals surface area contributed by atoms with Crippen molar-refractivity contribution in [3.05, 3.63) is 11.7 Å². The van der Waals surface area contributed by atoms with Crippen molar-refractivity contribution in [2.75, 3.05) is 13.1 Å². The lowest BCUT2D eigenvalue weighted by Crippen LogP contribution is -2.38. The smallest absolute Gasteiger partial charge is 0.229 e. The minimum Gasteiger partial charge on any atom is -0.341 e. The maximum atomic E-state index is 12.8. The summed E-state index contributed by atoms with van der Waals surface area (Å²) in [6.45, 7) is 9.97. The standard InChI is InChI=1S/C18H29N3O2/c1-5-13(6-2)16(22)21-10-14-8-7-9-18(14,11-21)17-19-15(12(3)4)23-20-17/h12-14H,5-11H2,1-4H3/t14-,18-/m1/s1. The summed E-state index contributed by atoms with van der Waals surface area (Å²) in [5.41, 5.74) is -0.0711. The fraction of sp³-hybridized carbons (Fsp3) is 0.833. The van der Waals surface area contributed by atoms with Crippen molar-refractivity contribution in [2.24, 2.45) is 11.8 Å². The van der Waals surface area contributed by atoms with E-state index in [4.69, 9.17) is 4.52 Å². The molecule has 0 N–H and O–H groups in total. The molecule has 1 saturated heterocycles. The summed E-state index contributed by atoms with van der Waals surface area (Å²) >= 11 is 0. The maximum absolute atomic E-state index is 12.8. The summed E-state index contributed by atoms with van der Waals surface area (Å²) in [6, 6.07) is 0. The molecule has 1 aromatic rings. The molecule has 128 valence electrons. The fourth-order valence-corrected chi connectivity index (χ4v) is 4.39. The molecule has 1 saturated carbocycles. The van der Waals surface area contributed by atoms with Gasteiger partial charge in [-0.05, 0) is 31.6 Å². The third kappa shape index (κ3) is 2.68. The number of carbonyl (C=O) groups is 1. The summed E-state index contributed by atoms with van der Waals surface area (Å²) in [5, 5.41) is 4.31. The predicted molar refractivity (Wildman–Crippen MR) is 88.1 cm³/mol. The number of amides is 1. The van der Waals surface area contributed by atoms with Gasteiger partial charge in [0.1, 0.15) is 0 Å². The van der Waals surface area contributed by atoms with Crippen molar-refractivity contribution in [3.63, 3.8) is 0 Å². The molecule has 1 aromatic heterocycles. The van der Waals surface area contributed by atoms with E-state index in [0.29, 0.717) is 17.7 Å². The molecule has 1 aliphatic heterocycles. The van der Waals surface area contributed by atoms with Gasteiger partial charge in [0.05, 0.1) is 5.41 Å². The first-order chi connectivity index (χ1) is 11.0. The lowest BCUT2D eigenvalue weighted by molar-refractivity contribution is -0.135. The third-order valence-electron chi connectivity index (χ3n) is 5.90. The number of hydrogen-bond acceptors (Lipinski definition) is 4. The SMILES string of the molecule is CCC(CC)C(=O)N1C[C@H]2CCC[C@@]2(c2noc(C(C)C)n2)C1. The molecule has 2 aliphatic rings. The first kappa shape index (κ1) is 16.5. The van der Waals surface area contributed by atoms with E-state index in [-0.39, 0.29) is 17.3 Å². The quantitative estimate of drug-likeness (QED) is 0.833. The van der Waals surface area contributed by atoms with Gasteiger partial charge in [-0.25, -0.2) is 0 Å². The van der Waals surface area contributed by atoms with Crippen LogP contribution in [0.1, 0.15) is 77.4 Å². The van der Waals surface area contributed by atoms with Crippen molar-refractivity contribution in [1.82, 2.24) is 15.0 Å². The highest BCUT2D eigenvalue weighted by molar-refractivity contribution is 5.79. The Morgan fingerprint density at radius 1 is 1.39 bits per heavy atom. The van der Waals surface area contributed by atoms with Crippen LogP contribution in [0.3, 0.4) is 0 Å². The molecule has 5 heteroatoms. The number of nitrogens with zero attached hydrogens (tertiary/aromatic N) is 3. The molecule has 2 heterocycles. The van der Waals surface area contributed by atoms with Gasteiger partial charge in [-0.3, -0.25) is 4.79 Å². The zero-order valence-corrected chi connectivity index (χ0v) is 14.8. The van der Waals surface area contributed by atoms with Crippen LogP contribution in [0.5, 0.6) is 0 Å². The second-order valence-electron chi connectivity index (χ2n) is 7.59. The second kappa shape index (κ2) is 6.25.